The third kappa shape index (κ3) is 2.72. The minimum atomic E-state index is 1.01. The van der Waals surface area contributed by atoms with E-state index in [0.29, 0.717) is 0 Å². The van der Waals surface area contributed by atoms with E-state index in [-0.39, 0.29) is 0 Å². The van der Waals surface area contributed by atoms with Crippen molar-refractivity contribution in [2.24, 2.45) is 4.99 Å². The molecule has 0 radical (unpaired) electrons. The molecule has 3 aromatic heterocycles. The Morgan fingerprint density at radius 2 is 1.38 bits per heavy atom. The van der Waals surface area contributed by atoms with Crippen LogP contribution in [0.4, 0.5) is 0 Å². The number of H-pyrrole nitrogens is 1. The number of fused-ring (bicyclic) bond motifs is 2. The molecule has 29 heavy (non-hydrogen) atoms. The van der Waals surface area contributed by atoms with Gasteiger partial charge < -0.3 is 4.98 Å². The maximum Gasteiger partial charge on any atom is 0.0888 e. The quantitative estimate of drug-likeness (QED) is 0.324. The highest BCUT2D eigenvalue weighted by molar-refractivity contribution is 7.13. The molecule has 0 atom stereocenters. The van der Waals surface area contributed by atoms with Crippen molar-refractivity contribution in [3.63, 3.8) is 0 Å². The first-order valence-electron chi connectivity index (χ1n) is 9.47. The van der Waals surface area contributed by atoms with Gasteiger partial charge in [-0.05, 0) is 29.0 Å². The molecule has 0 saturated carbocycles. The molecule has 0 fully saturated rings. The summed E-state index contributed by atoms with van der Waals surface area (Å²) in [6.45, 7) is 0. The van der Waals surface area contributed by atoms with Crippen LogP contribution in [0.5, 0.6) is 0 Å². The van der Waals surface area contributed by atoms with Crippen molar-refractivity contribution in [1.82, 2.24) is 4.98 Å². The second-order valence-electron chi connectivity index (χ2n) is 6.95. The lowest BCUT2D eigenvalue weighted by Crippen LogP contribution is -1.96. The van der Waals surface area contributed by atoms with Crippen LogP contribution in [0.2, 0.25) is 0 Å². The van der Waals surface area contributed by atoms with Gasteiger partial charge in [0.2, 0.25) is 0 Å². The van der Waals surface area contributed by atoms with E-state index in [1.54, 1.807) is 22.7 Å². The Labute approximate surface area is 176 Å². The molecular formula is C25H16N2S2. The molecule has 1 aliphatic heterocycles. The Hall–Kier alpha value is -3.21. The number of thiophene rings is 2. The van der Waals surface area contributed by atoms with Crippen LogP contribution in [0, 0.1) is 0 Å². The average Bonchev–Trinajstić information content (AvgIpc) is 3.55. The number of aromatic amines is 1. The first kappa shape index (κ1) is 16.7. The molecule has 4 heteroatoms. The molecule has 0 aliphatic carbocycles. The lowest BCUT2D eigenvalue weighted by molar-refractivity contribution is 1.39. The third-order valence-electron chi connectivity index (χ3n) is 5.24. The van der Waals surface area contributed by atoms with Crippen LogP contribution in [0.25, 0.3) is 33.1 Å². The van der Waals surface area contributed by atoms with Gasteiger partial charge in [-0.15, -0.1) is 22.7 Å². The van der Waals surface area contributed by atoms with Crippen LogP contribution in [0.15, 0.2) is 88.5 Å². The molecule has 6 rings (SSSR count). The van der Waals surface area contributed by atoms with E-state index < -0.39 is 0 Å². The molecule has 0 bridgehead atoms. The number of hydrogen-bond donors (Lipinski definition) is 1. The molecule has 0 amide bonds. The fraction of sp³-hybridized carbons (Fsp3) is 0. The van der Waals surface area contributed by atoms with Crippen molar-refractivity contribution in [2.75, 3.05) is 0 Å². The summed E-state index contributed by atoms with van der Waals surface area (Å²) in [7, 11) is 0. The summed E-state index contributed by atoms with van der Waals surface area (Å²) < 4.78 is 0. The van der Waals surface area contributed by atoms with Gasteiger partial charge in [-0.1, -0.05) is 60.7 Å². The number of aromatic nitrogens is 1. The summed E-state index contributed by atoms with van der Waals surface area (Å²) in [6, 6.07) is 25.5. The van der Waals surface area contributed by atoms with Crippen LogP contribution >= 0.6 is 22.7 Å². The minimum absolute atomic E-state index is 1.01. The van der Waals surface area contributed by atoms with Crippen molar-refractivity contribution in [2.45, 2.75) is 0 Å². The highest BCUT2D eigenvalue weighted by atomic mass is 32.1. The number of nitrogens with one attached hydrogen (secondary N) is 1. The van der Waals surface area contributed by atoms with Crippen molar-refractivity contribution in [3.8, 4) is 10.6 Å². The number of benzene rings is 2. The van der Waals surface area contributed by atoms with Crippen LogP contribution < -0.4 is 0 Å². The predicted octanol–water partition coefficient (Wildman–Crippen LogP) is 7.31. The summed E-state index contributed by atoms with van der Waals surface area (Å²) in [5.74, 6) is 0. The zero-order valence-corrected chi connectivity index (χ0v) is 17.1. The zero-order valence-electron chi connectivity index (χ0n) is 15.4. The number of nitrogens with zero attached hydrogens (tertiary/aromatic N) is 1. The topological polar surface area (TPSA) is 28.1 Å². The normalized spacial score (nSPS) is 14.5. The van der Waals surface area contributed by atoms with Gasteiger partial charge in [-0.2, -0.15) is 0 Å². The SMILES string of the molecule is C(=C1N=C(c2cccs2)c2ccccc21)c1[nH]c(-c2cccs2)c2ccccc12. The smallest absolute Gasteiger partial charge is 0.0888 e. The molecule has 0 spiro atoms. The summed E-state index contributed by atoms with van der Waals surface area (Å²) in [5.41, 5.74) is 6.74. The van der Waals surface area contributed by atoms with Gasteiger partial charge in [0, 0.05) is 27.6 Å². The molecule has 2 aromatic carbocycles. The molecule has 0 unspecified atom stereocenters. The first-order chi connectivity index (χ1) is 14.4. The maximum absolute atomic E-state index is 5.04. The van der Waals surface area contributed by atoms with Gasteiger partial charge in [0.1, 0.15) is 0 Å². The summed E-state index contributed by atoms with van der Waals surface area (Å²) in [5, 5.41) is 6.69. The molecule has 0 saturated heterocycles. The number of hydrogen-bond acceptors (Lipinski definition) is 3. The fourth-order valence-corrected chi connectivity index (χ4v) is 5.40. The molecular weight excluding hydrogens is 392 g/mol. The van der Waals surface area contributed by atoms with E-state index in [1.165, 1.54) is 37.3 Å². The Morgan fingerprint density at radius 3 is 2.14 bits per heavy atom. The van der Waals surface area contributed by atoms with E-state index >= 15 is 0 Å². The Bertz CT molecular complexity index is 1380. The van der Waals surface area contributed by atoms with Gasteiger partial charge in [-0.25, -0.2) is 4.99 Å². The van der Waals surface area contributed by atoms with Crippen LogP contribution in [0.3, 0.4) is 0 Å². The van der Waals surface area contributed by atoms with Gasteiger partial charge in [0.15, 0.2) is 0 Å². The molecule has 5 aromatic rings. The Morgan fingerprint density at radius 1 is 0.690 bits per heavy atom. The lowest BCUT2D eigenvalue weighted by atomic mass is 10.0. The minimum Gasteiger partial charge on any atom is -0.353 e. The van der Waals surface area contributed by atoms with Crippen molar-refractivity contribution in [3.05, 3.63) is 105 Å². The third-order valence-corrected chi connectivity index (χ3v) is 7.00. The monoisotopic (exact) mass is 408 g/mol. The van der Waals surface area contributed by atoms with Gasteiger partial charge >= 0.3 is 0 Å². The van der Waals surface area contributed by atoms with Gasteiger partial charge in [0.05, 0.1) is 26.9 Å². The largest absolute Gasteiger partial charge is 0.353 e. The first-order valence-corrected chi connectivity index (χ1v) is 11.2. The van der Waals surface area contributed by atoms with Crippen LogP contribution in [0.1, 0.15) is 21.7 Å². The Kier molecular flexibility index (Phi) is 3.86. The van der Waals surface area contributed by atoms with Crippen LogP contribution in [-0.2, 0) is 0 Å². The lowest BCUT2D eigenvalue weighted by Gasteiger charge is -2.00. The van der Waals surface area contributed by atoms with E-state index in [1.807, 2.05) is 0 Å². The van der Waals surface area contributed by atoms with Crippen molar-refractivity contribution in [1.29, 1.82) is 0 Å². The summed E-state index contributed by atoms with van der Waals surface area (Å²) in [4.78, 5) is 11.2. The maximum atomic E-state index is 5.04. The van der Waals surface area contributed by atoms with Gasteiger partial charge in [0.25, 0.3) is 0 Å². The molecule has 1 N–H and O–H groups in total. The predicted molar refractivity (Wildman–Crippen MR) is 126 cm³/mol. The van der Waals surface area contributed by atoms with E-state index in [2.05, 4.69) is 94.6 Å². The second kappa shape index (κ2) is 6.69. The number of rotatable bonds is 3. The highest BCUT2D eigenvalue weighted by Gasteiger charge is 2.22. The van der Waals surface area contributed by atoms with Gasteiger partial charge in [-0.3, -0.25) is 0 Å². The average molecular weight is 409 g/mol. The summed E-state index contributed by atoms with van der Waals surface area (Å²) >= 11 is 3.49. The molecule has 4 heterocycles. The van der Waals surface area contributed by atoms with E-state index in [0.717, 1.165) is 17.1 Å². The van der Waals surface area contributed by atoms with Crippen molar-refractivity contribution >= 4 is 50.9 Å². The van der Waals surface area contributed by atoms with E-state index in [9.17, 15) is 0 Å². The van der Waals surface area contributed by atoms with Crippen molar-refractivity contribution < 1.29 is 0 Å². The second-order valence-corrected chi connectivity index (χ2v) is 8.84. The molecule has 1 aliphatic rings. The Balaban J connectivity index is 1.56. The zero-order chi connectivity index (χ0) is 19.2. The van der Waals surface area contributed by atoms with E-state index in [4.69, 9.17) is 4.99 Å². The van der Waals surface area contributed by atoms with Crippen LogP contribution in [-0.4, -0.2) is 10.7 Å². The molecule has 2 nitrogen and oxygen atoms in total. The number of aliphatic imine (C=N–C) groups is 1. The standard InChI is InChI=1S/C25H16N2S2/c1-3-9-18-16(7-1)20(26-24(18)22-11-5-13-28-22)15-21-17-8-2-4-10-19(17)25(27-21)23-12-6-14-29-23/h1-15,26H. The fourth-order valence-electron chi connectivity index (χ4n) is 3.94. The molecule has 138 valence electrons. The summed E-state index contributed by atoms with van der Waals surface area (Å²) in [6.07, 6.45) is 2.19. The highest BCUT2D eigenvalue weighted by Crippen LogP contribution is 2.37.